The number of rotatable bonds is 3. The molecule has 0 aliphatic carbocycles. The molecule has 104 valence electrons. The quantitative estimate of drug-likeness (QED) is 0.930. The van der Waals surface area contributed by atoms with E-state index in [0.29, 0.717) is 11.5 Å². The van der Waals surface area contributed by atoms with E-state index in [0.717, 1.165) is 22.4 Å². The maximum atomic E-state index is 11.1. The molecule has 1 aromatic heterocycles. The molecule has 0 saturated heterocycles. The molecule has 0 bridgehead atoms. The minimum absolute atomic E-state index is 0.00196. The third-order valence-electron chi connectivity index (χ3n) is 3.06. The van der Waals surface area contributed by atoms with Crippen LogP contribution in [0.25, 0.3) is 11.3 Å². The van der Waals surface area contributed by atoms with Gasteiger partial charge in [0.15, 0.2) is 5.69 Å². The van der Waals surface area contributed by atoms with Crippen LogP contribution in [0, 0.1) is 20.8 Å². The summed E-state index contributed by atoms with van der Waals surface area (Å²) in [7, 11) is 1.62. The molecule has 2 aromatic rings. The Labute approximate surface area is 117 Å². The van der Waals surface area contributed by atoms with Gasteiger partial charge in [0.05, 0.1) is 12.8 Å². The van der Waals surface area contributed by atoms with E-state index < -0.39 is 5.97 Å². The summed E-state index contributed by atoms with van der Waals surface area (Å²) in [6.07, 6.45) is 0. The van der Waals surface area contributed by atoms with E-state index >= 15 is 0 Å². The number of hydrogen-bond donors (Lipinski definition) is 1. The van der Waals surface area contributed by atoms with Crippen LogP contribution < -0.4 is 4.74 Å². The second-order valence-corrected chi connectivity index (χ2v) is 4.63. The van der Waals surface area contributed by atoms with E-state index in [2.05, 4.69) is 9.97 Å². The molecule has 5 nitrogen and oxygen atoms in total. The lowest BCUT2D eigenvalue weighted by molar-refractivity contribution is 0.0690. The highest BCUT2D eigenvalue weighted by molar-refractivity contribution is 5.87. The SMILES string of the molecule is COc1cc(C)c(-c2cc(C(=O)O)nc(C)n2)c(C)c1. The molecule has 2 rings (SSSR count). The van der Waals surface area contributed by atoms with E-state index in [1.54, 1.807) is 14.0 Å². The van der Waals surface area contributed by atoms with Crippen molar-refractivity contribution in [1.82, 2.24) is 9.97 Å². The van der Waals surface area contributed by atoms with Crippen molar-refractivity contribution in [3.63, 3.8) is 0 Å². The Morgan fingerprint density at radius 3 is 2.20 bits per heavy atom. The lowest BCUT2D eigenvalue weighted by Crippen LogP contribution is -2.05. The van der Waals surface area contributed by atoms with Gasteiger partial charge in [-0.3, -0.25) is 0 Å². The first kappa shape index (κ1) is 14.0. The number of carboxylic acid groups (broad SMARTS) is 1. The number of nitrogens with zero attached hydrogens (tertiary/aromatic N) is 2. The highest BCUT2D eigenvalue weighted by atomic mass is 16.5. The number of aryl methyl sites for hydroxylation is 3. The molecule has 0 unspecified atom stereocenters. The van der Waals surface area contributed by atoms with Crippen molar-refractivity contribution in [1.29, 1.82) is 0 Å². The Morgan fingerprint density at radius 2 is 1.70 bits per heavy atom. The average Bonchev–Trinajstić information content (AvgIpc) is 2.37. The van der Waals surface area contributed by atoms with Crippen LogP contribution in [-0.4, -0.2) is 28.2 Å². The lowest BCUT2D eigenvalue weighted by Gasteiger charge is -2.12. The Hall–Kier alpha value is -2.43. The zero-order valence-corrected chi connectivity index (χ0v) is 11.9. The predicted octanol–water partition coefficient (Wildman–Crippen LogP) is 2.78. The van der Waals surface area contributed by atoms with Gasteiger partial charge in [-0.05, 0) is 50.1 Å². The van der Waals surface area contributed by atoms with Gasteiger partial charge >= 0.3 is 5.97 Å². The summed E-state index contributed by atoms with van der Waals surface area (Å²) in [5, 5.41) is 9.09. The van der Waals surface area contributed by atoms with Crippen molar-refractivity contribution < 1.29 is 14.6 Å². The Kier molecular flexibility index (Phi) is 3.70. The monoisotopic (exact) mass is 272 g/mol. The summed E-state index contributed by atoms with van der Waals surface area (Å²) in [5.74, 6) is 0.156. The highest BCUT2D eigenvalue weighted by Crippen LogP contribution is 2.30. The van der Waals surface area contributed by atoms with Crippen molar-refractivity contribution in [3.8, 4) is 17.0 Å². The van der Waals surface area contributed by atoms with Gasteiger partial charge in [-0.15, -0.1) is 0 Å². The van der Waals surface area contributed by atoms with Gasteiger partial charge in [0.1, 0.15) is 11.6 Å². The first-order valence-corrected chi connectivity index (χ1v) is 6.17. The third-order valence-corrected chi connectivity index (χ3v) is 3.06. The number of hydrogen-bond acceptors (Lipinski definition) is 4. The molecule has 1 aromatic carbocycles. The first-order valence-electron chi connectivity index (χ1n) is 6.17. The number of benzene rings is 1. The summed E-state index contributed by atoms with van der Waals surface area (Å²) in [6.45, 7) is 5.58. The van der Waals surface area contributed by atoms with E-state index in [4.69, 9.17) is 9.84 Å². The summed E-state index contributed by atoms with van der Waals surface area (Å²) in [5.41, 5.74) is 3.50. The van der Waals surface area contributed by atoms with Crippen molar-refractivity contribution in [2.45, 2.75) is 20.8 Å². The summed E-state index contributed by atoms with van der Waals surface area (Å²) in [4.78, 5) is 19.4. The molecule has 0 spiro atoms. The Bertz CT molecular complexity index is 658. The van der Waals surface area contributed by atoms with Gasteiger partial charge < -0.3 is 9.84 Å². The maximum absolute atomic E-state index is 11.1. The van der Waals surface area contributed by atoms with E-state index in [9.17, 15) is 4.79 Å². The maximum Gasteiger partial charge on any atom is 0.354 e. The molecule has 0 fully saturated rings. The molecule has 0 amide bonds. The van der Waals surface area contributed by atoms with Crippen molar-refractivity contribution >= 4 is 5.97 Å². The molecular weight excluding hydrogens is 256 g/mol. The van der Waals surface area contributed by atoms with Crippen LogP contribution in [0.2, 0.25) is 0 Å². The van der Waals surface area contributed by atoms with E-state index in [1.807, 2.05) is 26.0 Å². The fraction of sp³-hybridized carbons (Fsp3) is 0.267. The number of carboxylic acids is 1. The largest absolute Gasteiger partial charge is 0.497 e. The molecule has 1 heterocycles. The Balaban J connectivity index is 2.65. The number of methoxy groups -OCH3 is 1. The van der Waals surface area contributed by atoms with Gasteiger partial charge in [-0.25, -0.2) is 14.8 Å². The van der Waals surface area contributed by atoms with Crippen molar-refractivity contribution in [2.75, 3.05) is 7.11 Å². The van der Waals surface area contributed by atoms with Crippen LogP contribution in [0.1, 0.15) is 27.4 Å². The van der Waals surface area contributed by atoms with Gasteiger partial charge in [0, 0.05) is 5.56 Å². The molecular formula is C15H16N2O3. The minimum Gasteiger partial charge on any atom is -0.497 e. The normalized spacial score (nSPS) is 10.4. The zero-order chi connectivity index (χ0) is 14.9. The molecule has 5 heteroatoms. The topological polar surface area (TPSA) is 72.3 Å². The first-order chi connectivity index (χ1) is 9.42. The summed E-state index contributed by atoms with van der Waals surface area (Å²) in [6, 6.07) is 5.30. The minimum atomic E-state index is -1.06. The summed E-state index contributed by atoms with van der Waals surface area (Å²) < 4.78 is 5.23. The predicted molar refractivity (Wildman–Crippen MR) is 75.2 cm³/mol. The standard InChI is InChI=1S/C15H16N2O3/c1-8-5-11(20-4)6-9(2)14(8)12-7-13(15(18)19)17-10(3)16-12/h5-7H,1-4H3,(H,18,19). The molecule has 1 N–H and O–H groups in total. The van der Waals surface area contributed by atoms with Crippen molar-refractivity contribution in [3.05, 3.63) is 40.8 Å². The summed E-state index contributed by atoms with van der Waals surface area (Å²) >= 11 is 0. The zero-order valence-electron chi connectivity index (χ0n) is 11.9. The fourth-order valence-electron chi connectivity index (χ4n) is 2.25. The van der Waals surface area contributed by atoms with Crippen LogP contribution in [0.5, 0.6) is 5.75 Å². The van der Waals surface area contributed by atoms with Gasteiger partial charge in [-0.1, -0.05) is 0 Å². The fourth-order valence-corrected chi connectivity index (χ4v) is 2.25. The number of ether oxygens (including phenoxy) is 1. The molecule has 0 aliphatic heterocycles. The van der Waals surface area contributed by atoms with Crippen LogP contribution in [-0.2, 0) is 0 Å². The molecule has 0 aliphatic rings. The number of aromatic carboxylic acids is 1. The van der Waals surface area contributed by atoms with Crippen LogP contribution in [0.4, 0.5) is 0 Å². The average molecular weight is 272 g/mol. The second-order valence-electron chi connectivity index (χ2n) is 4.63. The van der Waals surface area contributed by atoms with E-state index in [-0.39, 0.29) is 5.69 Å². The highest BCUT2D eigenvalue weighted by Gasteiger charge is 2.14. The van der Waals surface area contributed by atoms with Gasteiger partial charge in [0.2, 0.25) is 0 Å². The van der Waals surface area contributed by atoms with Crippen LogP contribution >= 0.6 is 0 Å². The Morgan fingerprint density at radius 1 is 1.10 bits per heavy atom. The lowest BCUT2D eigenvalue weighted by atomic mass is 9.98. The molecule has 0 radical (unpaired) electrons. The number of carbonyl (C=O) groups is 1. The van der Waals surface area contributed by atoms with Gasteiger partial charge in [0.25, 0.3) is 0 Å². The van der Waals surface area contributed by atoms with Gasteiger partial charge in [-0.2, -0.15) is 0 Å². The number of aromatic nitrogens is 2. The van der Waals surface area contributed by atoms with E-state index in [1.165, 1.54) is 6.07 Å². The molecule has 0 atom stereocenters. The van der Waals surface area contributed by atoms with Crippen LogP contribution in [0.3, 0.4) is 0 Å². The smallest absolute Gasteiger partial charge is 0.354 e. The third kappa shape index (κ3) is 2.61. The molecule has 0 saturated carbocycles. The second kappa shape index (κ2) is 5.28. The molecule has 20 heavy (non-hydrogen) atoms. The van der Waals surface area contributed by atoms with Crippen molar-refractivity contribution in [2.24, 2.45) is 0 Å². The van der Waals surface area contributed by atoms with Crippen LogP contribution in [0.15, 0.2) is 18.2 Å².